The minimum atomic E-state index is -0.598. The molecule has 0 aliphatic heterocycles. The predicted octanol–water partition coefficient (Wildman–Crippen LogP) is 3.15. The number of hydrogen-bond donors (Lipinski definition) is 0. The molecule has 0 aliphatic rings. The van der Waals surface area contributed by atoms with E-state index in [0.717, 1.165) is 11.8 Å². The van der Waals surface area contributed by atoms with Crippen molar-refractivity contribution in [1.82, 2.24) is 4.90 Å². The number of amides is 1. The molecule has 0 saturated carbocycles. The number of halogens is 1. The summed E-state index contributed by atoms with van der Waals surface area (Å²) in [6, 6.07) is 5.88. The van der Waals surface area contributed by atoms with Gasteiger partial charge in [0.15, 0.2) is 0 Å². The van der Waals surface area contributed by atoms with Crippen molar-refractivity contribution >= 4 is 12.4 Å². The van der Waals surface area contributed by atoms with Gasteiger partial charge in [-0.05, 0) is 38.5 Å². The lowest BCUT2D eigenvalue weighted by Crippen LogP contribution is -2.37. The van der Waals surface area contributed by atoms with Crippen molar-refractivity contribution in [3.05, 3.63) is 35.6 Å². The SMILES string of the molecule is CC(C)(C)OC(=O)N(CCC=O)Cc1ccc(F)cc1. The number of benzene rings is 1. The molecular formula is C15H20FNO3. The van der Waals surface area contributed by atoms with Crippen molar-refractivity contribution < 1.29 is 18.7 Å². The largest absolute Gasteiger partial charge is 0.444 e. The van der Waals surface area contributed by atoms with Crippen LogP contribution in [0.4, 0.5) is 9.18 Å². The molecular weight excluding hydrogens is 261 g/mol. The lowest BCUT2D eigenvalue weighted by Gasteiger charge is -2.27. The number of aldehydes is 1. The van der Waals surface area contributed by atoms with Gasteiger partial charge in [0.25, 0.3) is 0 Å². The normalized spacial score (nSPS) is 11.0. The van der Waals surface area contributed by atoms with Crippen molar-refractivity contribution in [2.24, 2.45) is 0 Å². The van der Waals surface area contributed by atoms with Gasteiger partial charge in [-0.15, -0.1) is 0 Å². The molecule has 0 unspecified atom stereocenters. The highest BCUT2D eigenvalue weighted by Gasteiger charge is 2.22. The number of carbonyl (C=O) groups excluding carboxylic acids is 2. The zero-order valence-corrected chi connectivity index (χ0v) is 12.1. The van der Waals surface area contributed by atoms with Crippen molar-refractivity contribution in [1.29, 1.82) is 0 Å². The van der Waals surface area contributed by atoms with E-state index in [9.17, 15) is 14.0 Å². The van der Waals surface area contributed by atoms with Gasteiger partial charge in [0, 0.05) is 19.5 Å². The smallest absolute Gasteiger partial charge is 0.410 e. The summed E-state index contributed by atoms with van der Waals surface area (Å²) in [5, 5.41) is 0. The first-order valence-electron chi connectivity index (χ1n) is 6.48. The maximum atomic E-state index is 12.9. The van der Waals surface area contributed by atoms with Crippen LogP contribution in [0.5, 0.6) is 0 Å². The second-order valence-corrected chi connectivity index (χ2v) is 5.48. The van der Waals surface area contributed by atoms with E-state index < -0.39 is 11.7 Å². The Morgan fingerprint density at radius 2 is 1.90 bits per heavy atom. The lowest BCUT2D eigenvalue weighted by atomic mass is 10.2. The summed E-state index contributed by atoms with van der Waals surface area (Å²) in [6.45, 7) is 5.89. The second kappa shape index (κ2) is 7.03. The van der Waals surface area contributed by atoms with Gasteiger partial charge in [0.1, 0.15) is 17.7 Å². The van der Waals surface area contributed by atoms with Crippen LogP contribution in [0, 0.1) is 5.82 Å². The Morgan fingerprint density at radius 1 is 1.30 bits per heavy atom. The Labute approximate surface area is 118 Å². The van der Waals surface area contributed by atoms with Gasteiger partial charge in [-0.25, -0.2) is 9.18 Å². The Balaban J connectivity index is 2.75. The minimum Gasteiger partial charge on any atom is -0.444 e. The molecule has 0 N–H and O–H groups in total. The summed E-state index contributed by atoms with van der Waals surface area (Å²) in [7, 11) is 0. The van der Waals surface area contributed by atoms with Gasteiger partial charge >= 0.3 is 6.09 Å². The maximum absolute atomic E-state index is 12.9. The molecule has 0 aliphatic carbocycles. The molecule has 0 aromatic heterocycles. The third-order valence-electron chi connectivity index (χ3n) is 2.46. The minimum absolute atomic E-state index is 0.237. The Kier molecular flexibility index (Phi) is 5.67. The molecule has 0 saturated heterocycles. The van der Waals surface area contributed by atoms with E-state index in [-0.39, 0.29) is 25.3 Å². The molecule has 20 heavy (non-hydrogen) atoms. The van der Waals surface area contributed by atoms with E-state index in [4.69, 9.17) is 4.74 Å². The fourth-order valence-electron chi connectivity index (χ4n) is 1.58. The Bertz CT molecular complexity index is 451. The van der Waals surface area contributed by atoms with Gasteiger partial charge in [0.2, 0.25) is 0 Å². The zero-order chi connectivity index (χ0) is 15.2. The van der Waals surface area contributed by atoms with Crippen LogP contribution in [-0.4, -0.2) is 29.4 Å². The summed E-state index contributed by atoms with van der Waals surface area (Å²) in [6.07, 6.45) is 0.506. The van der Waals surface area contributed by atoms with Crippen molar-refractivity contribution in [3.63, 3.8) is 0 Å². The van der Waals surface area contributed by atoms with E-state index in [1.54, 1.807) is 32.9 Å². The molecule has 0 spiro atoms. The molecule has 1 amide bonds. The summed E-state index contributed by atoms with van der Waals surface area (Å²) >= 11 is 0. The van der Waals surface area contributed by atoms with E-state index >= 15 is 0 Å². The number of carbonyl (C=O) groups is 2. The molecule has 0 atom stereocenters. The maximum Gasteiger partial charge on any atom is 0.410 e. The van der Waals surface area contributed by atoms with Crippen LogP contribution < -0.4 is 0 Å². The summed E-state index contributed by atoms with van der Waals surface area (Å²) in [4.78, 5) is 24.0. The van der Waals surface area contributed by atoms with E-state index in [1.165, 1.54) is 17.0 Å². The number of nitrogens with zero attached hydrogens (tertiary/aromatic N) is 1. The summed E-state index contributed by atoms with van der Waals surface area (Å²) in [5.41, 5.74) is 0.183. The Morgan fingerprint density at radius 3 is 2.40 bits per heavy atom. The average Bonchev–Trinajstić information content (AvgIpc) is 2.34. The molecule has 110 valence electrons. The fourth-order valence-corrected chi connectivity index (χ4v) is 1.58. The van der Waals surface area contributed by atoms with Gasteiger partial charge in [0.05, 0.1) is 0 Å². The van der Waals surface area contributed by atoms with Crippen LogP contribution in [-0.2, 0) is 16.1 Å². The first kappa shape index (κ1) is 16.1. The Hall–Kier alpha value is -1.91. The summed E-state index contributed by atoms with van der Waals surface area (Å²) < 4.78 is 18.1. The van der Waals surface area contributed by atoms with Crippen LogP contribution in [0.1, 0.15) is 32.8 Å². The van der Waals surface area contributed by atoms with Crippen LogP contribution in [0.25, 0.3) is 0 Å². The number of hydrogen-bond acceptors (Lipinski definition) is 3. The monoisotopic (exact) mass is 281 g/mol. The first-order valence-corrected chi connectivity index (χ1v) is 6.48. The van der Waals surface area contributed by atoms with Gasteiger partial charge < -0.3 is 14.4 Å². The van der Waals surface area contributed by atoms with Crippen LogP contribution in [0.2, 0.25) is 0 Å². The van der Waals surface area contributed by atoms with Crippen LogP contribution in [0.3, 0.4) is 0 Å². The molecule has 0 fully saturated rings. The van der Waals surface area contributed by atoms with Crippen molar-refractivity contribution in [3.8, 4) is 0 Å². The molecule has 5 heteroatoms. The molecule has 1 aromatic carbocycles. The molecule has 0 bridgehead atoms. The molecule has 1 aromatic rings. The van der Waals surface area contributed by atoms with Gasteiger partial charge in [-0.2, -0.15) is 0 Å². The molecule has 0 heterocycles. The molecule has 4 nitrogen and oxygen atoms in total. The van der Waals surface area contributed by atoms with Crippen molar-refractivity contribution in [2.45, 2.75) is 39.3 Å². The van der Waals surface area contributed by atoms with E-state index in [0.29, 0.717) is 0 Å². The number of rotatable bonds is 5. The standard InChI is InChI=1S/C15H20FNO3/c1-15(2,3)20-14(19)17(9-4-10-18)11-12-5-7-13(16)8-6-12/h5-8,10H,4,9,11H2,1-3H3. The molecule has 1 rings (SSSR count). The second-order valence-electron chi connectivity index (χ2n) is 5.48. The summed E-state index contributed by atoms with van der Waals surface area (Å²) in [5.74, 6) is -0.328. The first-order chi connectivity index (χ1) is 9.31. The van der Waals surface area contributed by atoms with Crippen molar-refractivity contribution in [2.75, 3.05) is 6.54 Å². The highest BCUT2D eigenvalue weighted by Crippen LogP contribution is 2.13. The highest BCUT2D eigenvalue weighted by molar-refractivity contribution is 5.68. The highest BCUT2D eigenvalue weighted by atomic mass is 19.1. The van der Waals surface area contributed by atoms with E-state index in [2.05, 4.69) is 0 Å². The number of ether oxygens (including phenoxy) is 1. The van der Waals surface area contributed by atoms with Gasteiger partial charge in [-0.1, -0.05) is 12.1 Å². The van der Waals surface area contributed by atoms with Gasteiger partial charge in [-0.3, -0.25) is 0 Å². The van der Waals surface area contributed by atoms with Crippen LogP contribution >= 0.6 is 0 Å². The lowest BCUT2D eigenvalue weighted by molar-refractivity contribution is -0.108. The third kappa shape index (κ3) is 5.82. The van der Waals surface area contributed by atoms with Crippen LogP contribution in [0.15, 0.2) is 24.3 Å². The fraction of sp³-hybridized carbons (Fsp3) is 0.467. The van der Waals surface area contributed by atoms with E-state index in [1.807, 2.05) is 0 Å². The molecule has 0 radical (unpaired) electrons. The quantitative estimate of drug-likeness (QED) is 0.779. The zero-order valence-electron chi connectivity index (χ0n) is 12.1. The average molecular weight is 281 g/mol. The topological polar surface area (TPSA) is 46.6 Å². The predicted molar refractivity (Wildman–Crippen MR) is 73.7 cm³/mol. The third-order valence-corrected chi connectivity index (χ3v) is 2.46.